The third-order valence-electron chi connectivity index (χ3n) is 5.62. The third-order valence-corrected chi connectivity index (χ3v) is 7.69. The summed E-state index contributed by atoms with van der Waals surface area (Å²) in [5.74, 6) is 0.343. The summed E-state index contributed by atoms with van der Waals surface area (Å²) in [5.41, 5.74) is 2.26. The smallest absolute Gasteiger partial charge is 0.266 e. The van der Waals surface area contributed by atoms with Crippen LogP contribution in [0.1, 0.15) is 31.0 Å². The van der Waals surface area contributed by atoms with Gasteiger partial charge in [0.2, 0.25) is 0 Å². The third kappa shape index (κ3) is 6.69. The number of rotatable bonds is 9. The van der Waals surface area contributed by atoms with Crippen molar-refractivity contribution < 1.29 is 19.1 Å². The van der Waals surface area contributed by atoms with Crippen LogP contribution in [0.2, 0.25) is 10.0 Å². The molecule has 0 aromatic heterocycles. The molecule has 6 nitrogen and oxygen atoms in total. The van der Waals surface area contributed by atoms with Crippen LogP contribution in [0.15, 0.2) is 71.6 Å². The molecule has 0 aliphatic carbocycles. The number of anilines is 1. The zero-order valence-electron chi connectivity index (χ0n) is 20.6. The fourth-order valence-electron chi connectivity index (χ4n) is 3.76. The van der Waals surface area contributed by atoms with Crippen molar-refractivity contribution in [3.63, 3.8) is 0 Å². The summed E-state index contributed by atoms with van der Waals surface area (Å²) in [4.78, 5) is 27.8. The van der Waals surface area contributed by atoms with Crippen molar-refractivity contribution in [2.45, 2.75) is 19.9 Å². The van der Waals surface area contributed by atoms with Crippen molar-refractivity contribution in [2.75, 3.05) is 18.5 Å². The van der Waals surface area contributed by atoms with Crippen LogP contribution >= 0.6 is 47.2 Å². The topological polar surface area (TPSA) is 67.9 Å². The van der Waals surface area contributed by atoms with E-state index in [9.17, 15) is 9.59 Å². The van der Waals surface area contributed by atoms with Crippen LogP contribution < -0.4 is 14.8 Å². The molecule has 0 saturated carbocycles. The van der Waals surface area contributed by atoms with E-state index < -0.39 is 0 Å². The van der Waals surface area contributed by atoms with Gasteiger partial charge in [0.05, 0.1) is 27.6 Å². The summed E-state index contributed by atoms with van der Waals surface area (Å²) in [6, 6.07) is 19.7. The molecule has 1 N–H and O–H groups in total. The van der Waals surface area contributed by atoms with E-state index in [1.165, 1.54) is 11.8 Å². The maximum Gasteiger partial charge on any atom is 0.266 e. The lowest BCUT2D eigenvalue weighted by atomic mass is 10.1. The number of hydrogen-bond donors (Lipinski definition) is 1. The van der Waals surface area contributed by atoms with Gasteiger partial charge in [-0.2, -0.15) is 0 Å². The Morgan fingerprint density at radius 2 is 1.82 bits per heavy atom. The minimum absolute atomic E-state index is 0.145. The molecule has 1 atom stereocenters. The van der Waals surface area contributed by atoms with Gasteiger partial charge in [0.15, 0.2) is 18.1 Å². The number of carbonyl (C=O) groups excluding carboxylic acids is 2. The van der Waals surface area contributed by atoms with Gasteiger partial charge in [0, 0.05) is 5.69 Å². The van der Waals surface area contributed by atoms with Crippen molar-refractivity contribution in [3.05, 3.63) is 92.8 Å². The lowest BCUT2D eigenvalue weighted by molar-refractivity contribution is -0.123. The number of thiocarbonyl (C=S) groups is 1. The number of nitrogens with one attached hydrogen (secondary N) is 1. The molecule has 1 fully saturated rings. The highest BCUT2D eigenvalue weighted by molar-refractivity contribution is 8.26. The van der Waals surface area contributed by atoms with E-state index in [1.807, 2.05) is 44.2 Å². The second kappa shape index (κ2) is 12.7. The first-order valence-corrected chi connectivity index (χ1v) is 13.7. The first kappa shape index (κ1) is 28.0. The Kier molecular flexibility index (Phi) is 9.33. The zero-order chi connectivity index (χ0) is 27.2. The fourth-order valence-corrected chi connectivity index (χ4v) is 5.48. The van der Waals surface area contributed by atoms with E-state index in [0.29, 0.717) is 43.1 Å². The Hall–Kier alpha value is -3.04. The van der Waals surface area contributed by atoms with E-state index in [0.717, 1.165) is 11.1 Å². The van der Waals surface area contributed by atoms with Gasteiger partial charge in [-0.05, 0) is 61.4 Å². The number of ether oxygens (including phenoxy) is 2. The number of hydrogen-bond acceptors (Lipinski definition) is 6. The normalized spacial score (nSPS) is 15.1. The predicted molar refractivity (Wildman–Crippen MR) is 158 cm³/mol. The fraction of sp³-hybridized carbons (Fsp3) is 0.179. The second-order valence-electron chi connectivity index (χ2n) is 8.24. The SMILES string of the molecule is CCOc1cc(/C=C2\SC(=S)N([C@H](C)c3ccccc3)C2=O)ccc1OCC(=O)Nc1ccc(Cl)c(Cl)c1. The summed E-state index contributed by atoms with van der Waals surface area (Å²) in [7, 11) is 0. The first-order valence-electron chi connectivity index (χ1n) is 11.7. The minimum atomic E-state index is -0.369. The highest BCUT2D eigenvalue weighted by Crippen LogP contribution is 2.39. The molecular weight excluding hydrogens is 563 g/mol. The molecule has 1 aliphatic rings. The van der Waals surface area contributed by atoms with Crippen LogP contribution in [-0.2, 0) is 9.59 Å². The van der Waals surface area contributed by atoms with E-state index in [1.54, 1.807) is 47.4 Å². The molecule has 0 unspecified atom stereocenters. The monoisotopic (exact) mass is 586 g/mol. The van der Waals surface area contributed by atoms with Gasteiger partial charge in [-0.1, -0.05) is 83.6 Å². The standard InChI is InChI=1S/C28H24Cl2N2O4S2/c1-3-35-24-13-18(9-12-23(24)36-16-26(33)31-20-10-11-21(29)22(30)15-20)14-25-27(34)32(28(37)38-25)17(2)19-7-5-4-6-8-19/h4-15,17H,3,16H2,1-2H3,(H,31,33)/b25-14-/t17-/m1/s1. The molecule has 4 rings (SSSR count). The van der Waals surface area contributed by atoms with Crippen LogP contribution in [0.4, 0.5) is 5.69 Å². The zero-order valence-corrected chi connectivity index (χ0v) is 23.7. The van der Waals surface area contributed by atoms with Gasteiger partial charge in [0.1, 0.15) is 4.32 Å². The lowest BCUT2D eigenvalue weighted by Gasteiger charge is -2.23. The van der Waals surface area contributed by atoms with Crippen molar-refractivity contribution in [1.82, 2.24) is 4.90 Å². The number of amides is 2. The number of carbonyl (C=O) groups is 2. The van der Waals surface area contributed by atoms with Crippen molar-refractivity contribution in [2.24, 2.45) is 0 Å². The second-order valence-corrected chi connectivity index (χ2v) is 10.7. The summed E-state index contributed by atoms with van der Waals surface area (Å²) in [6.07, 6.45) is 1.78. The Morgan fingerprint density at radius 1 is 1.05 bits per heavy atom. The molecule has 0 spiro atoms. The lowest BCUT2D eigenvalue weighted by Crippen LogP contribution is -2.30. The molecule has 0 radical (unpaired) electrons. The summed E-state index contributed by atoms with van der Waals surface area (Å²) in [6.45, 7) is 3.96. The Labute approximate surface area is 240 Å². The maximum absolute atomic E-state index is 13.2. The van der Waals surface area contributed by atoms with Gasteiger partial charge in [-0.15, -0.1) is 0 Å². The van der Waals surface area contributed by atoms with Crippen molar-refractivity contribution in [3.8, 4) is 11.5 Å². The van der Waals surface area contributed by atoms with E-state index in [2.05, 4.69) is 5.32 Å². The van der Waals surface area contributed by atoms with Crippen LogP contribution in [-0.4, -0.2) is 34.2 Å². The van der Waals surface area contributed by atoms with Gasteiger partial charge in [-0.3, -0.25) is 14.5 Å². The number of thioether (sulfide) groups is 1. The molecule has 3 aromatic carbocycles. The average molecular weight is 588 g/mol. The Balaban J connectivity index is 1.46. The number of halogens is 2. The van der Waals surface area contributed by atoms with Gasteiger partial charge >= 0.3 is 0 Å². The predicted octanol–water partition coefficient (Wildman–Crippen LogP) is 7.37. The minimum Gasteiger partial charge on any atom is -0.490 e. The molecule has 3 aromatic rings. The molecule has 10 heteroatoms. The molecule has 1 saturated heterocycles. The molecule has 2 amide bonds. The number of nitrogens with zero attached hydrogens (tertiary/aromatic N) is 1. The molecular formula is C28H24Cl2N2O4S2. The molecule has 0 bridgehead atoms. The average Bonchev–Trinajstić information content (AvgIpc) is 3.18. The van der Waals surface area contributed by atoms with Crippen molar-refractivity contribution in [1.29, 1.82) is 0 Å². The van der Waals surface area contributed by atoms with Crippen LogP contribution in [0.3, 0.4) is 0 Å². The number of benzene rings is 3. The van der Waals surface area contributed by atoms with Crippen LogP contribution in [0.5, 0.6) is 11.5 Å². The molecule has 38 heavy (non-hydrogen) atoms. The first-order chi connectivity index (χ1) is 18.3. The summed E-state index contributed by atoms with van der Waals surface area (Å²) >= 11 is 18.7. The molecule has 1 aliphatic heterocycles. The Morgan fingerprint density at radius 3 is 2.53 bits per heavy atom. The van der Waals surface area contributed by atoms with E-state index in [-0.39, 0.29) is 24.5 Å². The highest BCUT2D eigenvalue weighted by atomic mass is 35.5. The van der Waals surface area contributed by atoms with Crippen LogP contribution in [0.25, 0.3) is 6.08 Å². The molecule has 1 heterocycles. The van der Waals surface area contributed by atoms with Crippen molar-refractivity contribution >= 4 is 75.1 Å². The van der Waals surface area contributed by atoms with Crippen LogP contribution in [0, 0.1) is 0 Å². The van der Waals surface area contributed by atoms with Gasteiger partial charge in [-0.25, -0.2) is 0 Å². The van der Waals surface area contributed by atoms with E-state index >= 15 is 0 Å². The Bertz CT molecular complexity index is 1400. The van der Waals surface area contributed by atoms with Gasteiger partial charge in [0.25, 0.3) is 11.8 Å². The maximum atomic E-state index is 13.2. The largest absolute Gasteiger partial charge is 0.490 e. The molecule has 196 valence electrons. The quantitative estimate of drug-likeness (QED) is 0.208. The highest BCUT2D eigenvalue weighted by Gasteiger charge is 2.35. The van der Waals surface area contributed by atoms with E-state index in [4.69, 9.17) is 44.9 Å². The summed E-state index contributed by atoms with van der Waals surface area (Å²) < 4.78 is 12.0. The van der Waals surface area contributed by atoms with Gasteiger partial charge < -0.3 is 14.8 Å². The summed E-state index contributed by atoms with van der Waals surface area (Å²) in [5, 5.41) is 3.45.